The molecule has 0 saturated heterocycles. The number of hydrogen-bond acceptors (Lipinski definition) is 2. The maximum atomic E-state index is 10.9. The molecule has 0 aromatic carbocycles. The van der Waals surface area contributed by atoms with Gasteiger partial charge in [-0.15, -0.1) is 0 Å². The predicted octanol–water partition coefficient (Wildman–Crippen LogP) is 5.52. The molecular formula is C17H34O3S. The van der Waals surface area contributed by atoms with Gasteiger partial charge in [-0.25, -0.2) is 0 Å². The summed E-state index contributed by atoms with van der Waals surface area (Å²) in [5.41, 5.74) is 1.21. The highest BCUT2D eigenvalue weighted by atomic mass is 32.2. The first-order valence-electron chi connectivity index (χ1n) is 8.62. The Hall–Kier alpha value is -0.350. The summed E-state index contributed by atoms with van der Waals surface area (Å²) in [6.07, 6.45) is 16.0. The molecule has 0 aliphatic rings. The highest BCUT2D eigenvalue weighted by Gasteiger charge is 2.04. The minimum Gasteiger partial charge on any atom is -0.285 e. The molecule has 0 saturated carbocycles. The minimum absolute atomic E-state index is 0.230. The van der Waals surface area contributed by atoms with E-state index in [2.05, 4.69) is 13.8 Å². The predicted molar refractivity (Wildman–Crippen MR) is 91.3 cm³/mol. The van der Waals surface area contributed by atoms with E-state index in [0.29, 0.717) is 0 Å². The molecule has 0 atom stereocenters. The summed E-state index contributed by atoms with van der Waals surface area (Å²) in [6, 6.07) is 0. The zero-order valence-electron chi connectivity index (χ0n) is 13.9. The Kier molecular flexibility index (Phi) is 13.1. The molecule has 0 unspecified atom stereocenters. The lowest BCUT2D eigenvalue weighted by atomic mass is 10.00. The van der Waals surface area contributed by atoms with Crippen LogP contribution < -0.4 is 0 Å². The van der Waals surface area contributed by atoms with Crippen LogP contribution in [0.1, 0.15) is 90.9 Å². The van der Waals surface area contributed by atoms with E-state index in [-0.39, 0.29) is 5.75 Å². The topological polar surface area (TPSA) is 54.4 Å². The highest BCUT2D eigenvalue weighted by Crippen LogP contribution is 2.18. The third kappa shape index (κ3) is 15.9. The summed E-state index contributed by atoms with van der Waals surface area (Å²) < 4.78 is 30.6. The molecule has 0 bridgehead atoms. The Morgan fingerprint density at radius 3 is 1.71 bits per heavy atom. The molecule has 0 aromatic heterocycles. The quantitative estimate of drug-likeness (QED) is 0.260. The number of hydrogen-bond donors (Lipinski definition) is 1. The molecule has 0 radical (unpaired) electrons. The van der Waals surface area contributed by atoms with Crippen LogP contribution in [0.3, 0.4) is 0 Å². The van der Waals surface area contributed by atoms with Gasteiger partial charge in [0.05, 0.1) is 5.75 Å². The second-order valence-corrected chi connectivity index (χ2v) is 7.44. The SMILES string of the molecule is CCCCCCCC/C(=C\CS(=O)(=O)O)CCCCCC. The van der Waals surface area contributed by atoms with Crippen molar-refractivity contribution in [2.45, 2.75) is 90.9 Å². The van der Waals surface area contributed by atoms with Gasteiger partial charge in [0, 0.05) is 0 Å². The van der Waals surface area contributed by atoms with E-state index in [4.69, 9.17) is 4.55 Å². The maximum Gasteiger partial charge on any atom is 0.268 e. The lowest BCUT2D eigenvalue weighted by Crippen LogP contribution is -2.02. The first kappa shape index (κ1) is 20.6. The Morgan fingerprint density at radius 2 is 1.24 bits per heavy atom. The molecule has 0 aliphatic carbocycles. The van der Waals surface area contributed by atoms with Gasteiger partial charge in [0.15, 0.2) is 0 Å². The zero-order chi connectivity index (χ0) is 16.0. The molecule has 0 fully saturated rings. The molecule has 3 nitrogen and oxygen atoms in total. The standard InChI is InChI=1S/C17H34O3S/c1-3-5-7-9-10-12-14-17(13-11-8-6-4-2)15-16-21(18,19)20/h15H,3-14,16H2,1-2H3,(H,18,19,20)/b17-15-. The van der Waals surface area contributed by atoms with Gasteiger partial charge in [-0.1, -0.05) is 76.9 Å². The number of rotatable bonds is 14. The zero-order valence-corrected chi connectivity index (χ0v) is 14.8. The van der Waals surface area contributed by atoms with Gasteiger partial charge >= 0.3 is 0 Å². The summed E-state index contributed by atoms with van der Waals surface area (Å²) in [4.78, 5) is 0. The van der Waals surface area contributed by atoms with Crippen LogP contribution >= 0.6 is 0 Å². The van der Waals surface area contributed by atoms with Crippen LogP contribution in [0.5, 0.6) is 0 Å². The molecule has 0 amide bonds. The normalized spacial score (nSPS) is 12.8. The molecular weight excluding hydrogens is 284 g/mol. The van der Waals surface area contributed by atoms with Crippen molar-refractivity contribution in [3.05, 3.63) is 11.6 Å². The van der Waals surface area contributed by atoms with Gasteiger partial charge in [0.25, 0.3) is 10.1 Å². The Bertz CT molecular complexity index is 358. The molecule has 126 valence electrons. The van der Waals surface area contributed by atoms with Crippen molar-refractivity contribution >= 4 is 10.1 Å². The van der Waals surface area contributed by atoms with Crippen LogP contribution in [0.15, 0.2) is 11.6 Å². The first-order chi connectivity index (χ1) is 9.99. The van der Waals surface area contributed by atoms with Gasteiger partial charge in [-0.3, -0.25) is 4.55 Å². The largest absolute Gasteiger partial charge is 0.285 e. The fourth-order valence-corrected chi connectivity index (χ4v) is 2.91. The molecule has 1 N–H and O–H groups in total. The average molecular weight is 319 g/mol. The Balaban J connectivity index is 4.06. The molecule has 21 heavy (non-hydrogen) atoms. The van der Waals surface area contributed by atoms with Gasteiger partial charge in [0.1, 0.15) is 0 Å². The fourth-order valence-electron chi connectivity index (χ4n) is 2.46. The van der Waals surface area contributed by atoms with Gasteiger partial charge in [-0.05, 0) is 25.7 Å². The molecule has 0 heterocycles. The monoisotopic (exact) mass is 318 g/mol. The first-order valence-corrected chi connectivity index (χ1v) is 10.2. The van der Waals surface area contributed by atoms with Crippen LogP contribution in [0.4, 0.5) is 0 Å². The van der Waals surface area contributed by atoms with Gasteiger partial charge < -0.3 is 0 Å². The summed E-state index contributed by atoms with van der Waals surface area (Å²) in [7, 11) is -3.87. The Morgan fingerprint density at radius 1 is 0.810 bits per heavy atom. The van der Waals surface area contributed by atoms with E-state index >= 15 is 0 Å². The van der Waals surface area contributed by atoms with E-state index in [9.17, 15) is 8.42 Å². The number of unbranched alkanes of at least 4 members (excludes halogenated alkanes) is 8. The van der Waals surface area contributed by atoms with Crippen LogP contribution in [0, 0.1) is 0 Å². The lowest BCUT2D eigenvalue weighted by molar-refractivity contribution is 0.486. The van der Waals surface area contributed by atoms with Crippen molar-refractivity contribution in [2.24, 2.45) is 0 Å². The maximum absolute atomic E-state index is 10.9. The van der Waals surface area contributed by atoms with Gasteiger partial charge in [-0.2, -0.15) is 8.42 Å². The highest BCUT2D eigenvalue weighted by molar-refractivity contribution is 7.85. The minimum atomic E-state index is -3.87. The van der Waals surface area contributed by atoms with E-state index in [0.717, 1.165) is 25.7 Å². The summed E-state index contributed by atoms with van der Waals surface area (Å²) >= 11 is 0. The van der Waals surface area contributed by atoms with Crippen LogP contribution in [-0.2, 0) is 10.1 Å². The summed E-state index contributed by atoms with van der Waals surface area (Å²) in [5, 5.41) is 0. The van der Waals surface area contributed by atoms with Crippen molar-refractivity contribution in [3.63, 3.8) is 0 Å². The third-order valence-electron chi connectivity index (χ3n) is 3.79. The van der Waals surface area contributed by atoms with E-state index in [1.165, 1.54) is 56.9 Å². The molecule has 0 rings (SSSR count). The van der Waals surface area contributed by atoms with Crippen molar-refractivity contribution in [1.82, 2.24) is 0 Å². The average Bonchev–Trinajstić information content (AvgIpc) is 2.42. The van der Waals surface area contributed by atoms with Crippen molar-refractivity contribution in [3.8, 4) is 0 Å². The summed E-state index contributed by atoms with van der Waals surface area (Å²) in [5.74, 6) is -0.230. The Labute approximate surface area is 132 Å². The second kappa shape index (κ2) is 13.3. The molecule has 0 aliphatic heterocycles. The van der Waals surface area contributed by atoms with E-state index < -0.39 is 10.1 Å². The molecule has 0 aromatic rings. The van der Waals surface area contributed by atoms with Crippen LogP contribution in [-0.4, -0.2) is 18.7 Å². The van der Waals surface area contributed by atoms with E-state index in [1.807, 2.05) is 0 Å². The fraction of sp³-hybridized carbons (Fsp3) is 0.882. The van der Waals surface area contributed by atoms with Crippen LogP contribution in [0.2, 0.25) is 0 Å². The molecule has 4 heteroatoms. The number of allylic oxidation sites excluding steroid dienone is 1. The van der Waals surface area contributed by atoms with Gasteiger partial charge in [0.2, 0.25) is 0 Å². The molecule has 0 spiro atoms. The second-order valence-electron chi connectivity index (χ2n) is 5.94. The third-order valence-corrected chi connectivity index (χ3v) is 4.37. The van der Waals surface area contributed by atoms with Crippen molar-refractivity contribution in [1.29, 1.82) is 0 Å². The van der Waals surface area contributed by atoms with Crippen molar-refractivity contribution < 1.29 is 13.0 Å². The van der Waals surface area contributed by atoms with E-state index in [1.54, 1.807) is 6.08 Å². The smallest absolute Gasteiger partial charge is 0.268 e. The lowest BCUT2D eigenvalue weighted by Gasteiger charge is -2.08. The van der Waals surface area contributed by atoms with Crippen molar-refractivity contribution in [2.75, 3.05) is 5.75 Å². The van der Waals surface area contributed by atoms with Crippen LogP contribution in [0.25, 0.3) is 0 Å². The summed E-state index contributed by atoms with van der Waals surface area (Å²) in [6.45, 7) is 4.40.